The summed E-state index contributed by atoms with van der Waals surface area (Å²) in [6.07, 6.45) is 3.62. The molecule has 1 rings (SSSR count). The lowest BCUT2D eigenvalue weighted by Gasteiger charge is -2.05. The van der Waals surface area contributed by atoms with Crippen molar-refractivity contribution in [2.24, 2.45) is 10.7 Å². The number of hydrogen-bond acceptors (Lipinski definition) is 3. The second-order valence-corrected chi connectivity index (χ2v) is 4.04. The predicted molar refractivity (Wildman–Crippen MR) is 68.5 cm³/mol. The van der Waals surface area contributed by atoms with Crippen LogP contribution in [0.25, 0.3) is 0 Å². The molecular formula is C13H19N3. The molecule has 2 N–H and O–H groups in total. The summed E-state index contributed by atoms with van der Waals surface area (Å²) in [6.45, 7) is 8.05. The lowest BCUT2D eigenvalue weighted by Crippen LogP contribution is -2.02. The molecule has 1 heterocycles. The third kappa shape index (κ3) is 3.19. The smallest absolute Gasteiger partial charge is 0.119 e. The third-order valence-electron chi connectivity index (χ3n) is 2.39. The Hall–Kier alpha value is -1.64. The Bertz CT molecular complexity index is 400. The van der Waals surface area contributed by atoms with Gasteiger partial charge in [-0.3, -0.25) is 4.98 Å². The number of allylic oxidation sites excluding steroid dienone is 1. The van der Waals surface area contributed by atoms with Gasteiger partial charge in [0, 0.05) is 23.2 Å². The Labute approximate surface area is 97.1 Å². The van der Waals surface area contributed by atoms with Crippen LogP contribution in [0.1, 0.15) is 44.9 Å². The highest BCUT2D eigenvalue weighted by Crippen LogP contribution is 2.12. The minimum atomic E-state index is 0.451. The molecule has 3 nitrogen and oxygen atoms in total. The lowest BCUT2D eigenvalue weighted by molar-refractivity contribution is 0.822. The van der Waals surface area contributed by atoms with E-state index in [0.717, 1.165) is 17.0 Å². The zero-order valence-electron chi connectivity index (χ0n) is 10.4. The molecule has 0 atom stereocenters. The molecule has 1 aromatic heterocycles. The Morgan fingerprint density at radius 3 is 2.56 bits per heavy atom. The Morgan fingerprint density at radius 2 is 2.12 bits per heavy atom. The summed E-state index contributed by atoms with van der Waals surface area (Å²) >= 11 is 0. The molecule has 0 radical (unpaired) electrons. The van der Waals surface area contributed by atoms with Crippen molar-refractivity contribution in [2.75, 3.05) is 0 Å². The van der Waals surface area contributed by atoms with Crippen LogP contribution < -0.4 is 5.73 Å². The molecule has 0 aliphatic carbocycles. The molecule has 1 aromatic rings. The summed E-state index contributed by atoms with van der Waals surface area (Å²) in [5.41, 5.74) is 8.63. The number of nitrogens with two attached hydrogens (primary N) is 1. The molecule has 86 valence electrons. The van der Waals surface area contributed by atoms with Crippen molar-refractivity contribution in [3.05, 3.63) is 41.5 Å². The summed E-state index contributed by atoms with van der Waals surface area (Å²) in [5.74, 6) is 0.984. The van der Waals surface area contributed by atoms with Crippen molar-refractivity contribution in [3.63, 3.8) is 0 Å². The number of aromatic nitrogens is 1. The molecule has 0 aliphatic heterocycles. The third-order valence-corrected chi connectivity index (χ3v) is 2.39. The molecule has 0 unspecified atom stereocenters. The zero-order valence-corrected chi connectivity index (χ0v) is 10.4. The normalized spacial score (nSPS) is 13.3. The van der Waals surface area contributed by atoms with Crippen molar-refractivity contribution in [2.45, 2.75) is 33.6 Å². The molecule has 0 fully saturated rings. The molecule has 0 saturated carbocycles. The second-order valence-electron chi connectivity index (χ2n) is 4.04. The molecule has 3 heteroatoms. The molecular weight excluding hydrogens is 198 g/mol. The van der Waals surface area contributed by atoms with Crippen LogP contribution in [0.15, 0.2) is 35.2 Å². The topological polar surface area (TPSA) is 51.3 Å². The maximum atomic E-state index is 5.64. The van der Waals surface area contributed by atoms with Crippen LogP contribution in [-0.4, -0.2) is 10.7 Å². The first-order valence-electron chi connectivity index (χ1n) is 5.48. The van der Waals surface area contributed by atoms with Crippen LogP contribution in [0.2, 0.25) is 0 Å². The molecule has 0 aromatic carbocycles. The van der Waals surface area contributed by atoms with E-state index in [2.05, 4.69) is 23.8 Å². The van der Waals surface area contributed by atoms with E-state index in [0.29, 0.717) is 11.7 Å². The van der Waals surface area contributed by atoms with E-state index in [1.165, 1.54) is 0 Å². The van der Waals surface area contributed by atoms with Crippen LogP contribution >= 0.6 is 0 Å². The van der Waals surface area contributed by atoms with Crippen LogP contribution in [0, 0.1) is 0 Å². The van der Waals surface area contributed by atoms with E-state index in [9.17, 15) is 0 Å². The lowest BCUT2D eigenvalue weighted by atomic mass is 10.1. The van der Waals surface area contributed by atoms with Gasteiger partial charge in [-0.15, -0.1) is 0 Å². The van der Waals surface area contributed by atoms with Gasteiger partial charge in [-0.25, -0.2) is 4.99 Å². The Balaban J connectivity index is 2.94. The van der Waals surface area contributed by atoms with Gasteiger partial charge in [-0.05, 0) is 38.0 Å². The van der Waals surface area contributed by atoms with Crippen LogP contribution in [-0.2, 0) is 0 Å². The van der Waals surface area contributed by atoms with E-state index in [4.69, 9.17) is 5.73 Å². The predicted octanol–water partition coefficient (Wildman–Crippen LogP) is 2.83. The summed E-state index contributed by atoms with van der Waals surface area (Å²) < 4.78 is 0. The van der Waals surface area contributed by atoms with Gasteiger partial charge >= 0.3 is 0 Å². The first-order chi connectivity index (χ1) is 7.54. The van der Waals surface area contributed by atoms with Crippen molar-refractivity contribution in [1.29, 1.82) is 0 Å². The number of aliphatic imine (C=N–C) groups is 1. The molecule has 0 spiro atoms. The number of hydrogen-bond donors (Lipinski definition) is 1. The van der Waals surface area contributed by atoms with Crippen LogP contribution in [0.5, 0.6) is 0 Å². The Kier molecular flexibility index (Phi) is 4.23. The minimum absolute atomic E-state index is 0.451. The van der Waals surface area contributed by atoms with E-state index in [-0.39, 0.29) is 0 Å². The Morgan fingerprint density at radius 1 is 1.44 bits per heavy atom. The van der Waals surface area contributed by atoms with Gasteiger partial charge in [0.15, 0.2) is 0 Å². The summed E-state index contributed by atoms with van der Waals surface area (Å²) in [7, 11) is 0. The monoisotopic (exact) mass is 217 g/mol. The van der Waals surface area contributed by atoms with Crippen molar-refractivity contribution >= 4 is 5.71 Å². The van der Waals surface area contributed by atoms with Crippen molar-refractivity contribution < 1.29 is 0 Å². The zero-order chi connectivity index (χ0) is 12.1. The fourth-order valence-electron chi connectivity index (χ4n) is 1.28. The highest BCUT2D eigenvalue weighted by atomic mass is 14.9. The highest BCUT2D eigenvalue weighted by molar-refractivity contribution is 5.98. The number of pyridine rings is 1. The maximum Gasteiger partial charge on any atom is 0.119 e. The minimum Gasteiger partial charge on any atom is -0.384 e. The molecule has 0 bridgehead atoms. The molecule has 0 aliphatic rings. The number of nitrogens with zero attached hydrogens (tertiary/aromatic N) is 2. The second kappa shape index (κ2) is 5.45. The van der Waals surface area contributed by atoms with E-state index >= 15 is 0 Å². The van der Waals surface area contributed by atoms with Gasteiger partial charge in [0.1, 0.15) is 5.82 Å². The van der Waals surface area contributed by atoms with E-state index in [1.54, 1.807) is 6.08 Å². The average molecular weight is 217 g/mol. The number of rotatable bonds is 3. The van der Waals surface area contributed by atoms with Gasteiger partial charge < -0.3 is 5.73 Å². The van der Waals surface area contributed by atoms with Crippen molar-refractivity contribution in [1.82, 2.24) is 4.98 Å². The van der Waals surface area contributed by atoms with Gasteiger partial charge in [0.05, 0.1) is 0 Å². The fourth-order valence-corrected chi connectivity index (χ4v) is 1.28. The van der Waals surface area contributed by atoms with Gasteiger partial charge in [-0.1, -0.05) is 13.8 Å². The first kappa shape index (κ1) is 12.4. The fraction of sp³-hybridized carbons (Fsp3) is 0.385. The van der Waals surface area contributed by atoms with Crippen molar-refractivity contribution in [3.8, 4) is 0 Å². The van der Waals surface area contributed by atoms with Gasteiger partial charge in [0.25, 0.3) is 0 Å². The quantitative estimate of drug-likeness (QED) is 0.791. The van der Waals surface area contributed by atoms with E-state index in [1.807, 2.05) is 32.2 Å². The summed E-state index contributed by atoms with van der Waals surface area (Å²) in [5, 5.41) is 0. The molecule has 0 amide bonds. The van der Waals surface area contributed by atoms with Gasteiger partial charge in [0.2, 0.25) is 0 Å². The van der Waals surface area contributed by atoms with E-state index < -0.39 is 0 Å². The summed E-state index contributed by atoms with van der Waals surface area (Å²) in [6, 6.07) is 4.06. The highest BCUT2D eigenvalue weighted by Gasteiger charge is 2.02. The SMILES string of the molecule is C/C=C(/N)N=C(C)c1ccc(C(C)C)nc1. The summed E-state index contributed by atoms with van der Waals surface area (Å²) in [4.78, 5) is 8.65. The standard InChI is InChI=1S/C13H19N3/c1-5-13(14)16-10(4)11-6-7-12(9(2)3)15-8-11/h5-9H,14H2,1-4H3/b13-5-,16-10?. The average Bonchev–Trinajstić information content (AvgIpc) is 2.28. The van der Waals surface area contributed by atoms with Crippen LogP contribution in [0.3, 0.4) is 0 Å². The molecule has 0 saturated heterocycles. The van der Waals surface area contributed by atoms with Gasteiger partial charge in [-0.2, -0.15) is 0 Å². The molecule has 16 heavy (non-hydrogen) atoms. The maximum absolute atomic E-state index is 5.64. The first-order valence-corrected chi connectivity index (χ1v) is 5.48. The largest absolute Gasteiger partial charge is 0.384 e. The van der Waals surface area contributed by atoms with Crippen LogP contribution in [0.4, 0.5) is 0 Å².